The van der Waals surface area contributed by atoms with E-state index in [9.17, 15) is 28.7 Å². The zero-order valence-electron chi connectivity index (χ0n) is 17.6. The molecule has 13 heteroatoms. The van der Waals surface area contributed by atoms with E-state index in [-0.39, 0.29) is 31.9 Å². The van der Waals surface area contributed by atoms with Crippen molar-refractivity contribution in [1.82, 2.24) is 20.9 Å². The molecular formula is C18H31FN6O6. The number of hydrogen-bond donors (Lipinski definition) is 7. The number of aliphatic hydroxyl groups excluding tert-OH is 1. The van der Waals surface area contributed by atoms with E-state index in [1.807, 2.05) is 0 Å². The van der Waals surface area contributed by atoms with E-state index in [0.717, 1.165) is 4.90 Å². The lowest BCUT2D eigenvalue weighted by Crippen LogP contribution is -2.56. The van der Waals surface area contributed by atoms with Gasteiger partial charge in [-0.25, -0.2) is 9.18 Å². The molecule has 0 aromatic carbocycles. The topological polar surface area (TPSA) is 198 Å². The highest BCUT2D eigenvalue weighted by molar-refractivity contribution is 5.95. The summed E-state index contributed by atoms with van der Waals surface area (Å²) in [6.45, 7) is 2.03. The van der Waals surface area contributed by atoms with E-state index < -0.39 is 60.5 Å². The van der Waals surface area contributed by atoms with Crippen molar-refractivity contribution >= 4 is 29.7 Å². The summed E-state index contributed by atoms with van der Waals surface area (Å²) in [5.74, 6) is -2.94. The third-order valence-electron chi connectivity index (χ3n) is 4.90. The standard InChI is InChI=1S/C18H31FN6O6/c1-9(2)14(24-18(30)31)16(29)25-8-10(26)6-12(25)15(28)23-11(13(27)7-19)4-3-5-22-17(20)21/h9-12,14,24,26H,3-8H2,1-2H3,(H,23,28)(H,30,31)(H4,20,21,22)/t10-,11-,12-,14-/m0/s1. The quantitative estimate of drug-likeness (QED) is 0.113. The van der Waals surface area contributed by atoms with Crippen molar-refractivity contribution in [2.75, 3.05) is 19.8 Å². The lowest BCUT2D eigenvalue weighted by Gasteiger charge is -2.30. The number of carbonyl (C=O) groups excluding carboxylic acids is 3. The number of hydrogen-bond acceptors (Lipinski definition) is 6. The smallest absolute Gasteiger partial charge is 0.405 e. The third kappa shape index (κ3) is 8.00. The Labute approximate surface area is 179 Å². The van der Waals surface area contributed by atoms with Crippen LogP contribution in [0.25, 0.3) is 0 Å². The van der Waals surface area contributed by atoms with Gasteiger partial charge in [0.15, 0.2) is 11.7 Å². The first-order valence-electron chi connectivity index (χ1n) is 9.92. The molecular weight excluding hydrogens is 415 g/mol. The fraction of sp³-hybridized carbons (Fsp3) is 0.722. The van der Waals surface area contributed by atoms with Crippen molar-refractivity contribution in [1.29, 1.82) is 5.41 Å². The summed E-state index contributed by atoms with van der Waals surface area (Å²) in [5.41, 5.74) is 5.16. The maximum absolute atomic E-state index is 12.9. The van der Waals surface area contributed by atoms with E-state index in [2.05, 4.69) is 16.0 Å². The van der Waals surface area contributed by atoms with Crippen molar-refractivity contribution in [2.45, 2.75) is 57.3 Å². The monoisotopic (exact) mass is 446 g/mol. The van der Waals surface area contributed by atoms with Gasteiger partial charge in [-0.2, -0.15) is 0 Å². The Balaban J connectivity index is 2.90. The number of carbonyl (C=O) groups is 4. The largest absolute Gasteiger partial charge is 0.465 e. The molecule has 1 saturated heterocycles. The van der Waals surface area contributed by atoms with E-state index in [4.69, 9.17) is 16.2 Å². The molecule has 1 fully saturated rings. The number of amides is 3. The van der Waals surface area contributed by atoms with Gasteiger partial charge >= 0.3 is 6.09 Å². The molecule has 1 aliphatic rings. The maximum atomic E-state index is 12.9. The zero-order chi connectivity index (χ0) is 23.7. The van der Waals surface area contributed by atoms with E-state index in [1.165, 1.54) is 0 Å². The van der Waals surface area contributed by atoms with Gasteiger partial charge in [0, 0.05) is 19.5 Å². The minimum Gasteiger partial charge on any atom is -0.465 e. The van der Waals surface area contributed by atoms with Crippen LogP contribution >= 0.6 is 0 Å². The molecule has 0 aliphatic carbocycles. The second-order valence-electron chi connectivity index (χ2n) is 7.71. The highest BCUT2D eigenvalue weighted by atomic mass is 19.1. The maximum Gasteiger partial charge on any atom is 0.405 e. The zero-order valence-corrected chi connectivity index (χ0v) is 17.6. The van der Waals surface area contributed by atoms with E-state index >= 15 is 0 Å². The van der Waals surface area contributed by atoms with Crippen LogP contribution in [0.15, 0.2) is 0 Å². The normalized spacial score (nSPS) is 20.1. The number of β-amino-alcohol motifs (C(OH)–C–C–N with tert-alkyl or cyclic N) is 1. The van der Waals surface area contributed by atoms with Gasteiger partial charge < -0.3 is 36.8 Å². The van der Waals surface area contributed by atoms with Crippen LogP contribution in [0.2, 0.25) is 0 Å². The molecule has 0 aromatic heterocycles. The van der Waals surface area contributed by atoms with Gasteiger partial charge in [0.2, 0.25) is 11.8 Å². The lowest BCUT2D eigenvalue weighted by atomic mass is 10.0. The molecule has 0 aromatic rings. The minimum atomic E-state index is -1.40. The van der Waals surface area contributed by atoms with Crippen molar-refractivity contribution in [2.24, 2.45) is 11.7 Å². The molecule has 0 saturated carbocycles. The minimum absolute atomic E-state index is 0.0766. The van der Waals surface area contributed by atoms with E-state index in [0.29, 0.717) is 6.42 Å². The van der Waals surface area contributed by atoms with Crippen LogP contribution in [0.5, 0.6) is 0 Å². The molecule has 12 nitrogen and oxygen atoms in total. The molecule has 0 spiro atoms. The fourth-order valence-electron chi connectivity index (χ4n) is 3.34. The van der Waals surface area contributed by atoms with Gasteiger partial charge in [0.1, 0.15) is 18.8 Å². The summed E-state index contributed by atoms with van der Waals surface area (Å²) in [5, 5.41) is 33.2. The van der Waals surface area contributed by atoms with Gasteiger partial charge in [0.25, 0.3) is 0 Å². The molecule has 8 N–H and O–H groups in total. The highest BCUT2D eigenvalue weighted by Crippen LogP contribution is 2.21. The molecule has 1 aliphatic heterocycles. The molecule has 0 unspecified atom stereocenters. The van der Waals surface area contributed by atoms with E-state index in [1.54, 1.807) is 13.8 Å². The number of alkyl halides is 1. The SMILES string of the molecule is CC(C)[C@H](NC(=O)O)C(=O)N1C[C@@H](O)C[C@H]1C(=O)N[C@@H](CCCNC(=N)N)C(=O)CF. The lowest BCUT2D eigenvalue weighted by molar-refractivity contribution is -0.141. The first kappa shape index (κ1) is 26.1. The second-order valence-corrected chi connectivity index (χ2v) is 7.71. The van der Waals surface area contributed by atoms with Gasteiger partial charge in [-0.1, -0.05) is 13.8 Å². The molecule has 1 rings (SSSR count). The molecule has 3 amide bonds. The summed E-state index contributed by atoms with van der Waals surface area (Å²) in [7, 11) is 0. The predicted molar refractivity (Wildman–Crippen MR) is 108 cm³/mol. The number of ketones is 1. The molecule has 4 atom stereocenters. The van der Waals surface area contributed by atoms with Crippen LogP contribution in [-0.2, 0) is 14.4 Å². The van der Waals surface area contributed by atoms with Crippen molar-refractivity contribution < 1.29 is 33.8 Å². The van der Waals surface area contributed by atoms with Gasteiger partial charge in [-0.3, -0.25) is 19.8 Å². The first-order valence-corrected chi connectivity index (χ1v) is 9.92. The van der Waals surface area contributed by atoms with Gasteiger partial charge in [0.05, 0.1) is 12.1 Å². The Morgan fingerprint density at radius 3 is 2.42 bits per heavy atom. The highest BCUT2D eigenvalue weighted by Gasteiger charge is 2.42. The number of guanidine groups is 1. The molecule has 0 radical (unpaired) electrons. The third-order valence-corrected chi connectivity index (χ3v) is 4.90. The number of rotatable bonds is 11. The van der Waals surface area contributed by atoms with Crippen LogP contribution in [-0.4, -0.2) is 88.8 Å². The molecule has 1 heterocycles. The van der Waals surface area contributed by atoms with Gasteiger partial charge in [-0.05, 0) is 18.8 Å². The average Bonchev–Trinajstić information content (AvgIpc) is 3.08. The van der Waals surface area contributed by atoms with Crippen LogP contribution < -0.4 is 21.7 Å². The summed E-state index contributed by atoms with van der Waals surface area (Å²) >= 11 is 0. The van der Waals surface area contributed by atoms with Crippen LogP contribution in [0.1, 0.15) is 33.1 Å². The molecule has 31 heavy (non-hydrogen) atoms. The number of Topliss-reactive ketones (excluding diaryl/α,β-unsaturated/α-hetero) is 1. The Morgan fingerprint density at radius 2 is 1.90 bits per heavy atom. The van der Waals surface area contributed by atoms with Gasteiger partial charge in [-0.15, -0.1) is 0 Å². The van der Waals surface area contributed by atoms with Crippen molar-refractivity contribution in [3.05, 3.63) is 0 Å². The number of nitrogens with zero attached hydrogens (tertiary/aromatic N) is 1. The van der Waals surface area contributed by atoms with Crippen LogP contribution in [0.3, 0.4) is 0 Å². The number of nitrogens with two attached hydrogens (primary N) is 1. The summed E-state index contributed by atoms with van der Waals surface area (Å²) in [6.07, 6.45) is -2.12. The number of nitrogens with one attached hydrogen (secondary N) is 4. The summed E-state index contributed by atoms with van der Waals surface area (Å²) in [4.78, 5) is 49.7. The first-order chi connectivity index (χ1) is 14.5. The summed E-state index contributed by atoms with van der Waals surface area (Å²) < 4.78 is 12.9. The Hall–Kier alpha value is -2.96. The Kier molecular flexibility index (Phi) is 10.1. The van der Waals surface area contributed by atoms with Crippen molar-refractivity contribution in [3.63, 3.8) is 0 Å². The number of aliphatic hydroxyl groups is 1. The summed E-state index contributed by atoms with van der Waals surface area (Å²) in [6, 6.07) is -3.41. The number of halogens is 1. The van der Waals surface area contributed by atoms with Crippen LogP contribution in [0.4, 0.5) is 9.18 Å². The second kappa shape index (κ2) is 12.0. The number of likely N-dealkylation sites (tertiary alicyclic amines) is 1. The van der Waals surface area contributed by atoms with Crippen molar-refractivity contribution in [3.8, 4) is 0 Å². The predicted octanol–water partition coefficient (Wildman–Crippen LogP) is -1.47. The Morgan fingerprint density at radius 1 is 1.26 bits per heavy atom. The fourth-order valence-corrected chi connectivity index (χ4v) is 3.34. The average molecular weight is 446 g/mol. The Bertz CT molecular complexity index is 690. The molecule has 176 valence electrons. The van der Waals surface area contributed by atoms with Crippen LogP contribution in [0, 0.1) is 11.3 Å². The molecule has 0 bridgehead atoms. The number of carboxylic acid groups (broad SMARTS) is 1.